The van der Waals surface area contributed by atoms with Crippen LogP contribution in [0.4, 0.5) is 5.69 Å². The minimum absolute atomic E-state index is 0.287. The molecule has 0 spiro atoms. The van der Waals surface area contributed by atoms with Gasteiger partial charge in [0.1, 0.15) is 5.75 Å². The average Bonchev–Trinajstić information content (AvgIpc) is 2.28. The molecule has 1 aromatic carbocycles. The van der Waals surface area contributed by atoms with E-state index in [-0.39, 0.29) is 12.2 Å². The lowest BCUT2D eigenvalue weighted by Crippen LogP contribution is -2.45. The van der Waals surface area contributed by atoms with Crippen LogP contribution < -0.4 is 9.64 Å². The maximum absolute atomic E-state index is 5.72. The first-order chi connectivity index (χ1) is 7.69. The highest BCUT2D eigenvalue weighted by Gasteiger charge is 2.22. The van der Waals surface area contributed by atoms with Crippen molar-refractivity contribution in [3.05, 3.63) is 24.3 Å². The molecule has 16 heavy (non-hydrogen) atoms. The first kappa shape index (κ1) is 11.3. The van der Waals surface area contributed by atoms with Gasteiger partial charge in [0.05, 0.1) is 19.3 Å². The molecule has 2 atom stereocenters. The van der Waals surface area contributed by atoms with Crippen LogP contribution in [0.2, 0.25) is 0 Å². The Labute approximate surface area is 97.0 Å². The van der Waals surface area contributed by atoms with E-state index in [1.54, 1.807) is 7.11 Å². The molecule has 0 N–H and O–H groups in total. The first-order valence-corrected chi connectivity index (χ1v) is 5.73. The molecular weight excluding hydrogens is 202 g/mol. The third kappa shape index (κ3) is 2.47. The summed E-state index contributed by atoms with van der Waals surface area (Å²) in [4.78, 5) is 2.35. The van der Waals surface area contributed by atoms with Gasteiger partial charge in [-0.25, -0.2) is 0 Å². The largest absolute Gasteiger partial charge is 0.497 e. The molecule has 0 amide bonds. The molecule has 1 aliphatic heterocycles. The van der Waals surface area contributed by atoms with Crippen LogP contribution in [-0.4, -0.2) is 32.4 Å². The summed E-state index contributed by atoms with van der Waals surface area (Å²) >= 11 is 0. The minimum atomic E-state index is 0.287. The summed E-state index contributed by atoms with van der Waals surface area (Å²) in [7, 11) is 1.70. The Balaban J connectivity index is 2.16. The molecule has 1 saturated heterocycles. The van der Waals surface area contributed by atoms with Crippen molar-refractivity contribution in [1.82, 2.24) is 0 Å². The standard InChI is InChI=1S/C13H19NO2/c1-10-8-14(9-11(2)16-10)12-5-4-6-13(7-12)15-3/h4-7,10-11H,8-9H2,1-3H3. The van der Waals surface area contributed by atoms with Crippen LogP contribution in [0, 0.1) is 0 Å². The highest BCUT2D eigenvalue weighted by molar-refractivity contribution is 5.51. The maximum atomic E-state index is 5.72. The van der Waals surface area contributed by atoms with Crippen molar-refractivity contribution in [3.63, 3.8) is 0 Å². The van der Waals surface area contributed by atoms with Crippen molar-refractivity contribution in [2.24, 2.45) is 0 Å². The quantitative estimate of drug-likeness (QED) is 0.765. The molecule has 2 rings (SSSR count). The monoisotopic (exact) mass is 221 g/mol. The van der Waals surface area contributed by atoms with Gasteiger partial charge in [-0.3, -0.25) is 0 Å². The van der Waals surface area contributed by atoms with E-state index in [4.69, 9.17) is 9.47 Å². The molecule has 0 aromatic heterocycles. The predicted molar refractivity (Wildman–Crippen MR) is 65.2 cm³/mol. The number of hydrogen-bond donors (Lipinski definition) is 0. The van der Waals surface area contributed by atoms with E-state index in [2.05, 4.69) is 30.9 Å². The van der Waals surface area contributed by atoms with Gasteiger partial charge in [0.2, 0.25) is 0 Å². The molecule has 2 unspecified atom stereocenters. The lowest BCUT2D eigenvalue weighted by molar-refractivity contribution is -0.00522. The van der Waals surface area contributed by atoms with Crippen molar-refractivity contribution in [2.45, 2.75) is 26.1 Å². The molecule has 1 fully saturated rings. The van der Waals surface area contributed by atoms with Gasteiger partial charge < -0.3 is 14.4 Å². The summed E-state index contributed by atoms with van der Waals surface area (Å²) in [5, 5.41) is 0. The van der Waals surface area contributed by atoms with E-state index in [1.807, 2.05) is 12.1 Å². The van der Waals surface area contributed by atoms with Crippen molar-refractivity contribution >= 4 is 5.69 Å². The Hall–Kier alpha value is -1.22. The van der Waals surface area contributed by atoms with Crippen LogP contribution in [0.15, 0.2) is 24.3 Å². The molecule has 3 nitrogen and oxygen atoms in total. The number of benzene rings is 1. The zero-order valence-corrected chi connectivity index (χ0v) is 10.1. The van der Waals surface area contributed by atoms with Crippen molar-refractivity contribution < 1.29 is 9.47 Å². The van der Waals surface area contributed by atoms with E-state index in [0.29, 0.717) is 0 Å². The Morgan fingerprint density at radius 2 is 1.94 bits per heavy atom. The number of morpholine rings is 1. The van der Waals surface area contributed by atoms with Crippen molar-refractivity contribution in [1.29, 1.82) is 0 Å². The first-order valence-electron chi connectivity index (χ1n) is 5.73. The van der Waals surface area contributed by atoms with Gasteiger partial charge in [-0.05, 0) is 26.0 Å². The van der Waals surface area contributed by atoms with Crippen molar-refractivity contribution in [2.75, 3.05) is 25.1 Å². The lowest BCUT2D eigenvalue weighted by Gasteiger charge is -2.36. The summed E-state index contributed by atoms with van der Waals surface area (Å²) in [6.45, 7) is 6.11. The summed E-state index contributed by atoms with van der Waals surface area (Å²) in [5.74, 6) is 0.907. The Morgan fingerprint density at radius 1 is 1.25 bits per heavy atom. The molecule has 0 saturated carbocycles. The second kappa shape index (κ2) is 4.74. The maximum Gasteiger partial charge on any atom is 0.120 e. The highest BCUT2D eigenvalue weighted by atomic mass is 16.5. The molecular formula is C13H19NO2. The Morgan fingerprint density at radius 3 is 2.56 bits per heavy atom. The predicted octanol–water partition coefficient (Wildman–Crippen LogP) is 2.31. The van der Waals surface area contributed by atoms with Gasteiger partial charge in [-0.15, -0.1) is 0 Å². The van der Waals surface area contributed by atoms with Gasteiger partial charge in [0.25, 0.3) is 0 Å². The van der Waals surface area contributed by atoms with Crippen LogP contribution >= 0.6 is 0 Å². The van der Waals surface area contributed by atoms with Gasteiger partial charge in [-0.2, -0.15) is 0 Å². The number of ether oxygens (including phenoxy) is 2. The van der Waals surface area contributed by atoms with Crippen molar-refractivity contribution in [3.8, 4) is 5.75 Å². The number of anilines is 1. The minimum Gasteiger partial charge on any atom is -0.497 e. The van der Waals surface area contributed by atoms with E-state index in [9.17, 15) is 0 Å². The number of methoxy groups -OCH3 is 1. The summed E-state index contributed by atoms with van der Waals surface area (Å²) in [5.41, 5.74) is 1.21. The second-order valence-electron chi connectivity index (χ2n) is 4.36. The second-order valence-corrected chi connectivity index (χ2v) is 4.36. The summed E-state index contributed by atoms with van der Waals surface area (Å²) in [6, 6.07) is 8.19. The van der Waals surface area contributed by atoms with Crippen LogP contribution in [0.1, 0.15) is 13.8 Å². The number of hydrogen-bond acceptors (Lipinski definition) is 3. The topological polar surface area (TPSA) is 21.7 Å². The van der Waals surface area contributed by atoms with E-state index in [1.165, 1.54) is 5.69 Å². The number of rotatable bonds is 2. The number of nitrogens with zero attached hydrogens (tertiary/aromatic N) is 1. The Kier molecular flexibility index (Phi) is 3.34. The highest BCUT2D eigenvalue weighted by Crippen LogP contribution is 2.24. The zero-order valence-electron chi connectivity index (χ0n) is 10.1. The molecule has 1 aromatic rings. The fourth-order valence-corrected chi connectivity index (χ4v) is 2.20. The zero-order chi connectivity index (χ0) is 11.5. The van der Waals surface area contributed by atoms with Gasteiger partial charge in [-0.1, -0.05) is 6.07 Å². The van der Waals surface area contributed by atoms with E-state index >= 15 is 0 Å². The van der Waals surface area contributed by atoms with E-state index < -0.39 is 0 Å². The molecule has 3 heteroatoms. The fourth-order valence-electron chi connectivity index (χ4n) is 2.20. The lowest BCUT2D eigenvalue weighted by atomic mass is 10.2. The Bertz CT molecular complexity index is 344. The fraction of sp³-hybridized carbons (Fsp3) is 0.538. The van der Waals surface area contributed by atoms with Crippen LogP contribution in [-0.2, 0) is 4.74 Å². The normalized spacial score (nSPS) is 25.6. The van der Waals surface area contributed by atoms with Crippen LogP contribution in [0.25, 0.3) is 0 Å². The van der Waals surface area contributed by atoms with Gasteiger partial charge >= 0.3 is 0 Å². The molecule has 0 bridgehead atoms. The van der Waals surface area contributed by atoms with E-state index in [0.717, 1.165) is 18.8 Å². The molecule has 88 valence electrons. The van der Waals surface area contributed by atoms with Crippen LogP contribution in [0.3, 0.4) is 0 Å². The molecule has 0 radical (unpaired) electrons. The van der Waals surface area contributed by atoms with Gasteiger partial charge in [0.15, 0.2) is 0 Å². The summed E-state index contributed by atoms with van der Waals surface area (Å²) < 4.78 is 11.0. The third-order valence-corrected chi connectivity index (χ3v) is 2.84. The molecule has 0 aliphatic carbocycles. The average molecular weight is 221 g/mol. The van der Waals surface area contributed by atoms with Crippen LogP contribution in [0.5, 0.6) is 5.75 Å². The smallest absolute Gasteiger partial charge is 0.120 e. The molecule has 1 heterocycles. The molecule has 1 aliphatic rings. The third-order valence-electron chi connectivity index (χ3n) is 2.84. The summed E-state index contributed by atoms with van der Waals surface area (Å²) in [6.07, 6.45) is 0.574. The van der Waals surface area contributed by atoms with Gasteiger partial charge in [0, 0.05) is 24.8 Å². The SMILES string of the molecule is COc1cccc(N2CC(C)OC(C)C2)c1.